The molecule has 7 nitrogen and oxygen atoms in total. The van der Waals surface area contributed by atoms with Crippen LogP contribution in [0.4, 0.5) is 10.5 Å². The Kier molecular flexibility index (Phi) is 9.60. The smallest absolute Gasteiger partial charge is 0.322 e. The largest absolute Gasteiger partial charge is 0.497 e. The number of benzene rings is 3. The second-order valence-electron chi connectivity index (χ2n) is 10.7. The number of nitrogens with zero attached hydrogens (tertiary/aromatic N) is 2. The maximum Gasteiger partial charge on any atom is 0.322 e. The molecule has 1 N–H and O–H groups in total. The number of morpholine rings is 1. The number of ether oxygens (including phenoxy) is 3. The first kappa shape index (κ1) is 29.5. The molecule has 2 aliphatic heterocycles. The highest BCUT2D eigenvalue weighted by molar-refractivity contribution is 6.42. The van der Waals surface area contributed by atoms with Crippen LogP contribution in [0, 0.1) is 0 Å². The summed E-state index contributed by atoms with van der Waals surface area (Å²) in [5, 5.41) is 3.98. The molecule has 3 aromatic rings. The minimum atomic E-state index is -0.716. The molecule has 9 heteroatoms. The number of hydrogen-bond acceptors (Lipinski definition) is 5. The Morgan fingerprint density at radius 2 is 1.66 bits per heavy atom. The van der Waals surface area contributed by atoms with Crippen molar-refractivity contribution >= 4 is 34.9 Å². The van der Waals surface area contributed by atoms with Crippen LogP contribution in [-0.4, -0.2) is 69.4 Å². The Balaban J connectivity index is 1.31. The van der Waals surface area contributed by atoms with Gasteiger partial charge >= 0.3 is 6.03 Å². The van der Waals surface area contributed by atoms with Crippen molar-refractivity contribution in [1.29, 1.82) is 0 Å². The molecule has 1 atom stereocenters. The van der Waals surface area contributed by atoms with Gasteiger partial charge < -0.3 is 29.3 Å². The van der Waals surface area contributed by atoms with Crippen LogP contribution in [0.25, 0.3) is 0 Å². The van der Waals surface area contributed by atoms with Crippen molar-refractivity contribution in [2.75, 3.05) is 58.9 Å². The minimum absolute atomic E-state index is 0.211. The molecule has 0 saturated carbocycles. The van der Waals surface area contributed by atoms with Crippen LogP contribution in [0.1, 0.15) is 36.3 Å². The standard InChI is InChI=1S/C32H37Cl2N3O4/c1-39-27-19-26(20-28(21-27)40-2)35-31(38)37-16-17-41-32(22-37,25-8-9-29(33)30(34)18-25)12-15-36-13-10-24(11-14-36)23-6-4-3-5-7-23/h3-9,18-21,24H,10-17,22H2,1-2H3,(H,35,38). The van der Waals surface area contributed by atoms with E-state index in [2.05, 4.69) is 40.5 Å². The van der Waals surface area contributed by atoms with Gasteiger partial charge in [-0.1, -0.05) is 59.6 Å². The molecular weight excluding hydrogens is 561 g/mol. The molecule has 5 rings (SSSR count). The third-order valence-corrected chi connectivity index (χ3v) is 8.95. The summed E-state index contributed by atoms with van der Waals surface area (Å²) in [7, 11) is 3.16. The van der Waals surface area contributed by atoms with Crippen molar-refractivity contribution in [3.05, 3.63) is 87.9 Å². The topological polar surface area (TPSA) is 63.3 Å². The van der Waals surface area contributed by atoms with E-state index in [-0.39, 0.29) is 6.03 Å². The Morgan fingerprint density at radius 3 is 2.32 bits per heavy atom. The SMILES string of the molecule is COc1cc(NC(=O)N2CCOC(CCN3CCC(c4ccccc4)CC3)(c3ccc(Cl)c(Cl)c3)C2)cc(OC)c1. The monoisotopic (exact) mass is 597 g/mol. The fraction of sp³-hybridized carbons (Fsp3) is 0.406. The number of amides is 2. The van der Waals surface area contributed by atoms with E-state index in [0.717, 1.165) is 44.5 Å². The Hall–Kier alpha value is -2.97. The zero-order chi connectivity index (χ0) is 28.8. The quantitative estimate of drug-likeness (QED) is 0.302. The second-order valence-corrected chi connectivity index (χ2v) is 11.5. The van der Waals surface area contributed by atoms with E-state index in [4.69, 9.17) is 37.4 Å². The van der Waals surface area contributed by atoms with Crippen LogP contribution >= 0.6 is 23.2 Å². The van der Waals surface area contributed by atoms with E-state index in [1.165, 1.54) is 5.56 Å². The van der Waals surface area contributed by atoms with Crippen LogP contribution in [0.3, 0.4) is 0 Å². The molecular formula is C32H37Cl2N3O4. The highest BCUT2D eigenvalue weighted by Gasteiger charge is 2.41. The number of piperidine rings is 1. The Bertz CT molecular complexity index is 1310. The molecule has 1 unspecified atom stereocenters. The Labute approximate surface area is 252 Å². The lowest BCUT2D eigenvalue weighted by Crippen LogP contribution is -2.54. The maximum atomic E-state index is 13.5. The number of urea groups is 1. The van der Waals surface area contributed by atoms with E-state index < -0.39 is 5.60 Å². The van der Waals surface area contributed by atoms with Crippen LogP contribution in [0.2, 0.25) is 10.0 Å². The molecule has 2 amide bonds. The van der Waals surface area contributed by atoms with Crippen LogP contribution in [0.5, 0.6) is 11.5 Å². The van der Waals surface area contributed by atoms with Crippen LogP contribution in [0.15, 0.2) is 66.7 Å². The lowest BCUT2D eigenvalue weighted by molar-refractivity contribution is -0.110. The van der Waals surface area contributed by atoms with Gasteiger partial charge in [-0.2, -0.15) is 0 Å². The average Bonchev–Trinajstić information content (AvgIpc) is 3.02. The van der Waals surface area contributed by atoms with Crippen molar-refractivity contribution in [3.63, 3.8) is 0 Å². The summed E-state index contributed by atoms with van der Waals surface area (Å²) in [5.41, 5.74) is 2.22. The maximum absolute atomic E-state index is 13.5. The molecule has 2 heterocycles. The zero-order valence-corrected chi connectivity index (χ0v) is 25.1. The number of halogens is 2. The summed E-state index contributed by atoms with van der Waals surface area (Å²) in [6, 6.07) is 21.5. The number of anilines is 1. The second kappa shape index (κ2) is 13.3. The van der Waals surface area contributed by atoms with E-state index in [1.807, 2.05) is 12.1 Å². The van der Waals surface area contributed by atoms with E-state index in [1.54, 1.807) is 43.4 Å². The Morgan fingerprint density at radius 1 is 0.951 bits per heavy atom. The summed E-state index contributed by atoms with van der Waals surface area (Å²) >= 11 is 12.7. The van der Waals surface area contributed by atoms with Gasteiger partial charge in [0.1, 0.15) is 17.1 Å². The highest BCUT2D eigenvalue weighted by Crippen LogP contribution is 2.38. The van der Waals surface area contributed by atoms with Gasteiger partial charge in [0.25, 0.3) is 0 Å². The number of rotatable bonds is 8. The van der Waals surface area contributed by atoms with Crippen LogP contribution in [-0.2, 0) is 10.3 Å². The predicted octanol–water partition coefficient (Wildman–Crippen LogP) is 7.04. The van der Waals surface area contributed by atoms with E-state index in [9.17, 15) is 4.79 Å². The predicted molar refractivity (Wildman–Crippen MR) is 164 cm³/mol. The van der Waals surface area contributed by atoms with Gasteiger partial charge in [0.2, 0.25) is 0 Å². The summed E-state index contributed by atoms with van der Waals surface area (Å²) in [6.45, 7) is 4.17. The minimum Gasteiger partial charge on any atom is -0.497 e. The highest BCUT2D eigenvalue weighted by atomic mass is 35.5. The first-order valence-electron chi connectivity index (χ1n) is 14.0. The number of hydrogen-bond donors (Lipinski definition) is 1. The molecule has 2 saturated heterocycles. The van der Waals surface area contributed by atoms with Gasteiger partial charge in [-0.25, -0.2) is 4.79 Å². The van der Waals surface area contributed by atoms with E-state index >= 15 is 0 Å². The fourth-order valence-corrected chi connectivity index (χ4v) is 6.14. The summed E-state index contributed by atoms with van der Waals surface area (Å²) in [5.74, 6) is 1.79. The van der Waals surface area contributed by atoms with Gasteiger partial charge in [0.15, 0.2) is 0 Å². The zero-order valence-electron chi connectivity index (χ0n) is 23.6. The van der Waals surface area contributed by atoms with Gasteiger partial charge in [0.05, 0.1) is 37.4 Å². The molecule has 0 spiro atoms. The van der Waals surface area contributed by atoms with Gasteiger partial charge in [-0.15, -0.1) is 0 Å². The van der Waals surface area contributed by atoms with Gasteiger partial charge in [-0.3, -0.25) is 0 Å². The van der Waals surface area contributed by atoms with Crippen molar-refractivity contribution in [3.8, 4) is 11.5 Å². The summed E-state index contributed by atoms with van der Waals surface area (Å²) in [4.78, 5) is 17.8. The van der Waals surface area contributed by atoms with Crippen molar-refractivity contribution in [2.24, 2.45) is 0 Å². The summed E-state index contributed by atoms with van der Waals surface area (Å²) < 4.78 is 17.3. The molecule has 3 aromatic carbocycles. The number of carbonyl (C=O) groups is 1. The number of carbonyl (C=O) groups excluding carboxylic acids is 1. The number of methoxy groups -OCH3 is 2. The fourth-order valence-electron chi connectivity index (χ4n) is 5.84. The number of nitrogens with one attached hydrogen (secondary N) is 1. The van der Waals surface area contributed by atoms with Crippen molar-refractivity contribution < 1.29 is 19.0 Å². The lowest BCUT2D eigenvalue weighted by Gasteiger charge is -2.44. The molecule has 0 bridgehead atoms. The molecule has 2 fully saturated rings. The third kappa shape index (κ3) is 7.09. The average molecular weight is 599 g/mol. The molecule has 41 heavy (non-hydrogen) atoms. The van der Waals surface area contributed by atoms with E-state index in [0.29, 0.717) is 52.8 Å². The van der Waals surface area contributed by atoms with Crippen LogP contribution < -0.4 is 14.8 Å². The molecule has 0 radical (unpaired) electrons. The van der Waals surface area contributed by atoms with Gasteiger partial charge in [0, 0.05) is 37.0 Å². The first-order chi connectivity index (χ1) is 19.9. The van der Waals surface area contributed by atoms with Gasteiger partial charge in [-0.05, 0) is 61.5 Å². The van der Waals surface area contributed by atoms with Crippen molar-refractivity contribution in [1.82, 2.24) is 9.80 Å². The molecule has 218 valence electrons. The number of likely N-dealkylation sites (tertiary alicyclic amines) is 1. The molecule has 0 aliphatic carbocycles. The van der Waals surface area contributed by atoms with Crippen molar-refractivity contribution in [2.45, 2.75) is 30.8 Å². The summed E-state index contributed by atoms with van der Waals surface area (Å²) in [6.07, 6.45) is 2.98. The molecule has 0 aromatic heterocycles. The molecule has 2 aliphatic rings. The normalized spacial score (nSPS) is 20.0. The third-order valence-electron chi connectivity index (χ3n) is 8.21. The lowest BCUT2D eigenvalue weighted by atomic mass is 9.86. The first-order valence-corrected chi connectivity index (χ1v) is 14.8.